The van der Waals surface area contributed by atoms with Crippen molar-refractivity contribution in [1.29, 1.82) is 0 Å². The van der Waals surface area contributed by atoms with Crippen LogP contribution in [0.2, 0.25) is 0 Å². The largest absolute Gasteiger partial charge is 0.481 e. The van der Waals surface area contributed by atoms with E-state index in [2.05, 4.69) is 9.88 Å². The lowest BCUT2D eigenvalue weighted by atomic mass is 9.89. The van der Waals surface area contributed by atoms with Gasteiger partial charge in [-0.25, -0.2) is 0 Å². The Hall–Kier alpha value is -2.11. The molecule has 3 rings (SSSR count). The average Bonchev–Trinajstić information content (AvgIpc) is 2.96. The molecule has 2 fully saturated rings. The van der Waals surface area contributed by atoms with Gasteiger partial charge in [-0.1, -0.05) is 0 Å². The van der Waals surface area contributed by atoms with E-state index in [9.17, 15) is 14.7 Å². The fourth-order valence-electron chi connectivity index (χ4n) is 3.37. The van der Waals surface area contributed by atoms with Crippen LogP contribution in [0.25, 0.3) is 0 Å². The van der Waals surface area contributed by atoms with Crippen molar-refractivity contribution in [2.75, 3.05) is 4.90 Å². The molecule has 6 heteroatoms. The van der Waals surface area contributed by atoms with Crippen LogP contribution in [0.15, 0.2) is 18.3 Å². The zero-order valence-corrected chi connectivity index (χ0v) is 10.3. The maximum atomic E-state index is 11.2. The molecule has 2 aliphatic rings. The highest BCUT2D eigenvalue weighted by Gasteiger charge is 2.49. The van der Waals surface area contributed by atoms with Gasteiger partial charge in [0.15, 0.2) is 0 Å². The Bertz CT molecular complexity index is 546. The summed E-state index contributed by atoms with van der Waals surface area (Å²) in [5.74, 6) is -1.62. The number of carboxylic acid groups (broad SMARTS) is 1. The van der Waals surface area contributed by atoms with Crippen molar-refractivity contribution in [3.63, 3.8) is 0 Å². The summed E-state index contributed by atoms with van der Waals surface area (Å²) in [5.41, 5.74) is 6.29. The van der Waals surface area contributed by atoms with Crippen LogP contribution in [0.5, 0.6) is 0 Å². The number of rotatable bonds is 3. The third-order valence-corrected chi connectivity index (χ3v) is 4.15. The number of carbonyl (C=O) groups is 2. The number of hydrogen-bond donors (Lipinski definition) is 2. The number of carboxylic acids is 1. The summed E-state index contributed by atoms with van der Waals surface area (Å²) < 4.78 is 0. The van der Waals surface area contributed by atoms with Gasteiger partial charge in [-0.15, -0.1) is 0 Å². The summed E-state index contributed by atoms with van der Waals surface area (Å²) in [6, 6.07) is 3.72. The molecule has 1 aromatic rings. The number of nitrogens with two attached hydrogens (primary N) is 1. The lowest BCUT2D eigenvalue weighted by molar-refractivity contribution is -0.142. The SMILES string of the molecule is NC(=O)c1cc(N2C3CCC2C(C(=O)O)C3)ccn1. The van der Waals surface area contributed by atoms with Gasteiger partial charge >= 0.3 is 5.97 Å². The first-order valence-electron chi connectivity index (χ1n) is 6.35. The zero-order chi connectivity index (χ0) is 13.6. The number of fused-ring (bicyclic) bond motifs is 2. The van der Waals surface area contributed by atoms with E-state index in [0.717, 1.165) is 18.5 Å². The van der Waals surface area contributed by atoms with Crippen LogP contribution in [0, 0.1) is 5.92 Å². The van der Waals surface area contributed by atoms with Gasteiger partial charge in [-0.3, -0.25) is 14.6 Å². The Kier molecular flexibility index (Phi) is 2.66. The summed E-state index contributed by atoms with van der Waals surface area (Å²) >= 11 is 0. The second kappa shape index (κ2) is 4.22. The van der Waals surface area contributed by atoms with Crippen LogP contribution in [0.3, 0.4) is 0 Å². The fraction of sp³-hybridized carbons (Fsp3) is 0.462. The molecule has 2 saturated heterocycles. The molecule has 3 heterocycles. The maximum absolute atomic E-state index is 11.2. The highest BCUT2D eigenvalue weighted by molar-refractivity contribution is 5.91. The highest BCUT2D eigenvalue weighted by Crippen LogP contribution is 2.44. The van der Waals surface area contributed by atoms with E-state index in [1.165, 1.54) is 0 Å². The number of carbonyl (C=O) groups excluding carboxylic acids is 1. The molecule has 3 unspecified atom stereocenters. The Balaban J connectivity index is 1.93. The van der Waals surface area contributed by atoms with Gasteiger partial charge in [0.25, 0.3) is 5.91 Å². The molecule has 3 N–H and O–H groups in total. The van der Waals surface area contributed by atoms with Crippen LogP contribution in [-0.4, -0.2) is 34.1 Å². The van der Waals surface area contributed by atoms with Gasteiger partial charge in [-0.05, 0) is 31.4 Å². The smallest absolute Gasteiger partial charge is 0.308 e. The average molecular weight is 261 g/mol. The first-order valence-corrected chi connectivity index (χ1v) is 6.35. The van der Waals surface area contributed by atoms with Crippen LogP contribution in [0.1, 0.15) is 29.8 Å². The molecule has 2 aliphatic heterocycles. The molecular formula is C13H15N3O3. The minimum atomic E-state index is -0.735. The molecule has 1 amide bonds. The van der Waals surface area contributed by atoms with E-state index in [4.69, 9.17) is 5.73 Å². The lowest BCUT2D eigenvalue weighted by Gasteiger charge is -2.25. The van der Waals surface area contributed by atoms with E-state index >= 15 is 0 Å². The van der Waals surface area contributed by atoms with Gasteiger partial charge in [-0.2, -0.15) is 0 Å². The molecule has 19 heavy (non-hydrogen) atoms. The summed E-state index contributed by atoms with van der Waals surface area (Å²) in [4.78, 5) is 28.4. The lowest BCUT2D eigenvalue weighted by Crippen LogP contribution is -2.33. The van der Waals surface area contributed by atoms with E-state index < -0.39 is 11.9 Å². The van der Waals surface area contributed by atoms with E-state index in [0.29, 0.717) is 6.42 Å². The standard InChI is InChI=1S/C13H15N3O3/c14-12(17)10-6-8(3-4-15-10)16-7-1-2-11(16)9(5-7)13(18)19/h3-4,6-7,9,11H,1-2,5H2,(H2,14,17)(H,18,19). The monoisotopic (exact) mass is 261 g/mol. The number of amides is 1. The minimum Gasteiger partial charge on any atom is -0.481 e. The van der Waals surface area contributed by atoms with Crippen molar-refractivity contribution < 1.29 is 14.7 Å². The first-order chi connectivity index (χ1) is 9.08. The first kappa shape index (κ1) is 12.0. The molecular weight excluding hydrogens is 246 g/mol. The van der Waals surface area contributed by atoms with Crippen molar-refractivity contribution in [3.05, 3.63) is 24.0 Å². The summed E-state index contributed by atoms with van der Waals surface area (Å²) in [6.45, 7) is 0. The number of anilines is 1. The second-order valence-electron chi connectivity index (χ2n) is 5.15. The van der Waals surface area contributed by atoms with Gasteiger partial charge in [0.2, 0.25) is 0 Å². The Labute approximate surface area is 110 Å². The predicted octanol–water partition coefficient (Wildman–Crippen LogP) is 0.622. The molecule has 3 atom stereocenters. The molecule has 0 saturated carbocycles. The summed E-state index contributed by atoms with van der Waals surface area (Å²) in [5, 5.41) is 9.23. The number of hydrogen-bond acceptors (Lipinski definition) is 4. The van der Waals surface area contributed by atoms with Gasteiger partial charge in [0.05, 0.1) is 5.92 Å². The van der Waals surface area contributed by atoms with E-state index in [-0.39, 0.29) is 23.7 Å². The zero-order valence-electron chi connectivity index (χ0n) is 10.3. The molecule has 0 aromatic carbocycles. The second-order valence-corrected chi connectivity index (χ2v) is 5.15. The summed E-state index contributed by atoms with van der Waals surface area (Å²) in [7, 11) is 0. The van der Waals surface area contributed by atoms with E-state index in [1.54, 1.807) is 12.3 Å². The number of aromatic nitrogens is 1. The molecule has 0 aliphatic carbocycles. The Morgan fingerprint density at radius 2 is 2.21 bits per heavy atom. The van der Waals surface area contributed by atoms with Crippen LogP contribution >= 0.6 is 0 Å². The van der Waals surface area contributed by atoms with Crippen LogP contribution in [0.4, 0.5) is 5.69 Å². The van der Waals surface area contributed by atoms with Gasteiger partial charge in [0, 0.05) is 24.0 Å². The quantitative estimate of drug-likeness (QED) is 0.831. The van der Waals surface area contributed by atoms with Crippen molar-refractivity contribution in [3.8, 4) is 0 Å². The van der Waals surface area contributed by atoms with Crippen LogP contribution < -0.4 is 10.6 Å². The third-order valence-electron chi connectivity index (χ3n) is 4.15. The highest BCUT2D eigenvalue weighted by atomic mass is 16.4. The van der Waals surface area contributed by atoms with Crippen molar-refractivity contribution in [1.82, 2.24) is 4.98 Å². The molecule has 2 bridgehead atoms. The third kappa shape index (κ3) is 1.83. The Morgan fingerprint density at radius 3 is 2.84 bits per heavy atom. The molecule has 100 valence electrons. The molecule has 0 radical (unpaired) electrons. The predicted molar refractivity (Wildman–Crippen MR) is 67.8 cm³/mol. The van der Waals surface area contributed by atoms with Crippen LogP contribution in [-0.2, 0) is 4.79 Å². The number of nitrogens with zero attached hydrogens (tertiary/aromatic N) is 2. The number of primary amides is 1. The maximum Gasteiger partial charge on any atom is 0.308 e. The molecule has 1 aromatic heterocycles. The Morgan fingerprint density at radius 1 is 1.42 bits per heavy atom. The van der Waals surface area contributed by atoms with Crippen molar-refractivity contribution in [2.24, 2.45) is 11.7 Å². The van der Waals surface area contributed by atoms with Crippen molar-refractivity contribution >= 4 is 17.6 Å². The molecule has 6 nitrogen and oxygen atoms in total. The number of pyridine rings is 1. The fourth-order valence-corrected chi connectivity index (χ4v) is 3.37. The van der Waals surface area contributed by atoms with Crippen molar-refractivity contribution in [2.45, 2.75) is 31.3 Å². The number of aliphatic carboxylic acids is 1. The van der Waals surface area contributed by atoms with Gasteiger partial charge in [0.1, 0.15) is 5.69 Å². The molecule has 0 spiro atoms. The van der Waals surface area contributed by atoms with E-state index in [1.807, 2.05) is 6.07 Å². The minimum absolute atomic E-state index is 0.0191. The van der Waals surface area contributed by atoms with Gasteiger partial charge < -0.3 is 15.7 Å². The topological polar surface area (TPSA) is 96.5 Å². The summed E-state index contributed by atoms with van der Waals surface area (Å²) in [6.07, 6.45) is 4.11. The normalized spacial score (nSPS) is 28.6.